The Morgan fingerprint density at radius 2 is 1.92 bits per heavy atom. The molecule has 2 aliphatic heterocycles. The third-order valence-corrected chi connectivity index (χ3v) is 2.82. The van der Waals surface area contributed by atoms with Gasteiger partial charge in [0.25, 0.3) is 0 Å². The van der Waals surface area contributed by atoms with Crippen LogP contribution in [0.15, 0.2) is 0 Å². The predicted octanol–water partition coefficient (Wildman–Crippen LogP) is 0.107. The van der Waals surface area contributed by atoms with Crippen molar-refractivity contribution in [1.82, 2.24) is 15.1 Å². The van der Waals surface area contributed by atoms with E-state index in [0.717, 1.165) is 19.6 Å². The molecule has 0 unspecified atom stereocenters. The zero-order valence-electron chi connectivity index (χ0n) is 7.84. The first-order valence-corrected chi connectivity index (χ1v) is 4.90. The van der Waals surface area contributed by atoms with Gasteiger partial charge >= 0.3 is 0 Å². The van der Waals surface area contributed by atoms with Gasteiger partial charge in [-0.1, -0.05) is 0 Å². The van der Waals surface area contributed by atoms with E-state index in [9.17, 15) is 0 Å². The third-order valence-electron chi connectivity index (χ3n) is 2.82. The van der Waals surface area contributed by atoms with Gasteiger partial charge in [-0.15, -0.1) is 0 Å². The molecule has 2 rings (SSSR count). The van der Waals surface area contributed by atoms with Crippen molar-refractivity contribution < 1.29 is 0 Å². The molecule has 3 nitrogen and oxygen atoms in total. The van der Waals surface area contributed by atoms with Crippen molar-refractivity contribution in [3.8, 4) is 0 Å². The molecule has 0 aromatic carbocycles. The topological polar surface area (TPSA) is 18.5 Å². The second-order valence-electron chi connectivity index (χ2n) is 3.71. The second kappa shape index (κ2) is 3.73. The predicted molar refractivity (Wildman–Crippen MR) is 49.5 cm³/mol. The van der Waals surface area contributed by atoms with E-state index in [1.807, 2.05) is 0 Å². The van der Waals surface area contributed by atoms with Crippen LogP contribution in [0, 0.1) is 6.17 Å². The molecule has 2 heterocycles. The normalized spacial score (nSPS) is 29.8. The molecule has 2 fully saturated rings. The molecule has 0 aromatic rings. The van der Waals surface area contributed by atoms with E-state index in [0.29, 0.717) is 0 Å². The highest BCUT2D eigenvalue weighted by Crippen LogP contribution is 2.20. The van der Waals surface area contributed by atoms with Crippen molar-refractivity contribution in [2.45, 2.75) is 12.8 Å². The average molecular weight is 168 g/mol. The van der Waals surface area contributed by atoms with Gasteiger partial charge in [0, 0.05) is 32.7 Å². The van der Waals surface area contributed by atoms with Crippen molar-refractivity contribution in [2.24, 2.45) is 0 Å². The molecular weight excluding hydrogens is 150 g/mol. The maximum atomic E-state index is 3.42. The van der Waals surface area contributed by atoms with Gasteiger partial charge in [0.05, 0.1) is 0 Å². The van der Waals surface area contributed by atoms with Crippen LogP contribution < -0.4 is 5.32 Å². The number of hydrogen-bond donors (Lipinski definition) is 1. The quantitative estimate of drug-likeness (QED) is 0.599. The fraction of sp³-hybridized carbons (Fsp3) is 0.889. The zero-order chi connectivity index (χ0) is 8.39. The fourth-order valence-electron chi connectivity index (χ4n) is 2.04. The summed E-state index contributed by atoms with van der Waals surface area (Å²) in [5.41, 5.74) is 0. The number of rotatable bonds is 1. The van der Waals surface area contributed by atoms with E-state index in [1.54, 1.807) is 0 Å². The lowest BCUT2D eigenvalue weighted by atomic mass is 10.3. The van der Waals surface area contributed by atoms with Crippen LogP contribution >= 0.6 is 0 Å². The highest BCUT2D eigenvalue weighted by molar-refractivity contribution is 4.95. The molecule has 12 heavy (non-hydrogen) atoms. The zero-order valence-corrected chi connectivity index (χ0v) is 7.84. The summed E-state index contributed by atoms with van der Waals surface area (Å²) >= 11 is 0. The van der Waals surface area contributed by atoms with Gasteiger partial charge in [-0.2, -0.15) is 0 Å². The molecule has 0 atom stereocenters. The Morgan fingerprint density at radius 3 is 2.58 bits per heavy atom. The first-order chi connectivity index (χ1) is 5.88. The van der Waals surface area contributed by atoms with Crippen molar-refractivity contribution in [1.29, 1.82) is 0 Å². The largest absolute Gasteiger partial charge is 0.312 e. The van der Waals surface area contributed by atoms with Gasteiger partial charge in [0.1, 0.15) is 6.17 Å². The molecule has 0 amide bonds. The Hall–Kier alpha value is -0.120. The van der Waals surface area contributed by atoms with Gasteiger partial charge < -0.3 is 5.32 Å². The summed E-state index contributed by atoms with van der Waals surface area (Å²) in [6.45, 7) is 5.89. The number of likely N-dealkylation sites (N-methyl/N-ethyl adjacent to an activating group) is 1. The Balaban J connectivity index is 1.91. The molecule has 0 aromatic heterocycles. The van der Waals surface area contributed by atoms with Crippen molar-refractivity contribution in [2.75, 3.05) is 39.8 Å². The molecule has 0 aliphatic carbocycles. The fourth-order valence-corrected chi connectivity index (χ4v) is 2.04. The Bertz CT molecular complexity index is 143. The highest BCUT2D eigenvalue weighted by atomic mass is 15.4. The first kappa shape index (κ1) is 8.48. The molecular formula is C9H18N3. The molecule has 0 spiro atoms. The Morgan fingerprint density at radius 1 is 1.17 bits per heavy atom. The van der Waals surface area contributed by atoms with Crippen LogP contribution in [0.3, 0.4) is 0 Å². The first-order valence-electron chi connectivity index (χ1n) is 4.90. The van der Waals surface area contributed by atoms with Gasteiger partial charge in [-0.05, 0) is 19.9 Å². The van der Waals surface area contributed by atoms with E-state index in [2.05, 4.69) is 22.2 Å². The number of piperazine rings is 1. The summed E-state index contributed by atoms with van der Waals surface area (Å²) in [5.74, 6) is 0. The van der Waals surface area contributed by atoms with Crippen LogP contribution in [0.5, 0.6) is 0 Å². The van der Waals surface area contributed by atoms with Crippen LogP contribution in [0.1, 0.15) is 12.8 Å². The lowest BCUT2D eigenvalue weighted by Crippen LogP contribution is -2.50. The number of likely N-dealkylation sites (tertiary alicyclic amines) is 1. The second-order valence-corrected chi connectivity index (χ2v) is 3.71. The standard InChI is InChI=1S/C9H18N3/c1-11-7-4-10-8-9(11)12-5-2-3-6-12/h10H,2-8H2,1H3. The Kier molecular flexibility index (Phi) is 2.63. The van der Waals surface area contributed by atoms with Crippen molar-refractivity contribution in [3.63, 3.8) is 0 Å². The molecule has 0 bridgehead atoms. The molecule has 2 aliphatic rings. The minimum Gasteiger partial charge on any atom is -0.312 e. The third kappa shape index (κ3) is 1.63. The molecule has 69 valence electrons. The summed E-state index contributed by atoms with van der Waals surface area (Å²) in [7, 11) is 2.20. The van der Waals surface area contributed by atoms with Crippen LogP contribution in [0.25, 0.3) is 0 Å². The monoisotopic (exact) mass is 168 g/mol. The van der Waals surface area contributed by atoms with Gasteiger partial charge in [-0.3, -0.25) is 9.80 Å². The smallest absolute Gasteiger partial charge is 0.120 e. The van der Waals surface area contributed by atoms with Crippen LogP contribution in [0.4, 0.5) is 0 Å². The van der Waals surface area contributed by atoms with E-state index < -0.39 is 0 Å². The summed E-state index contributed by atoms with van der Waals surface area (Å²) in [6.07, 6.45) is 4.24. The van der Waals surface area contributed by atoms with Crippen molar-refractivity contribution >= 4 is 0 Å². The minimum atomic E-state index is 1.07. The maximum absolute atomic E-state index is 3.42. The van der Waals surface area contributed by atoms with Crippen LogP contribution in [0.2, 0.25) is 0 Å². The molecule has 0 saturated carbocycles. The summed E-state index contributed by atoms with van der Waals surface area (Å²) in [6, 6.07) is 0. The van der Waals surface area contributed by atoms with Crippen LogP contribution in [-0.2, 0) is 0 Å². The highest BCUT2D eigenvalue weighted by Gasteiger charge is 2.27. The lowest BCUT2D eigenvalue weighted by molar-refractivity contribution is 0.155. The van der Waals surface area contributed by atoms with E-state index in [4.69, 9.17) is 0 Å². The van der Waals surface area contributed by atoms with E-state index in [1.165, 1.54) is 32.1 Å². The molecule has 1 radical (unpaired) electrons. The SMILES string of the molecule is CN1CCNC[C]1N1CCCC1. The lowest BCUT2D eigenvalue weighted by Gasteiger charge is -2.37. The molecule has 1 N–H and O–H groups in total. The van der Waals surface area contributed by atoms with E-state index >= 15 is 0 Å². The van der Waals surface area contributed by atoms with E-state index in [-0.39, 0.29) is 0 Å². The van der Waals surface area contributed by atoms with Crippen LogP contribution in [-0.4, -0.2) is 49.6 Å². The number of hydrogen-bond acceptors (Lipinski definition) is 3. The molecule has 3 heteroatoms. The maximum Gasteiger partial charge on any atom is 0.120 e. The van der Waals surface area contributed by atoms with Gasteiger partial charge in [0.15, 0.2) is 0 Å². The number of nitrogens with one attached hydrogen (secondary N) is 1. The summed E-state index contributed by atoms with van der Waals surface area (Å²) in [4.78, 5) is 4.91. The minimum absolute atomic E-state index is 1.07. The van der Waals surface area contributed by atoms with Gasteiger partial charge in [-0.25, -0.2) is 0 Å². The summed E-state index contributed by atoms with van der Waals surface area (Å²) in [5, 5.41) is 3.42. The van der Waals surface area contributed by atoms with Crippen molar-refractivity contribution in [3.05, 3.63) is 6.17 Å². The summed E-state index contributed by atoms with van der Waals surface area (Å²) < 4.78 is 0. The Labute approximate surface area is 74.7 Å². The molecule has 2 saturated heterocycles. The van der Waals surface area contributed by atoms with Gasteiger partial charge in [0.2, 0.25) is 0 Å². The average Bonchev–Trinajstić information content (AvgIpc) is 2.57. The number of nitrogens with zero attached hydrogens (tertiary/aromatic N) is 2.